The molecule has 9 heteroatoms. The van der Waals surface area contributed by atoms with Gasteiger partial charge in [-0.1, -0.05) is 18.2 Å². The van der Waals surface area contributed by atoms with E-state index in [1.54, 1.807) is 12.1 Å². The summed E-state index contributed by atoms with van der Waals surface area (Å²) >= 11 is 0. The number of carbonyl (C=O) groups is 1. The number of halogens is 4. The number of carbonyl (C=O) groups excluding carboxylic acids is 1. The molecule has 2 heterocycles. The van der Waals surface area contributed by atoms with Crippen molar-refractivity contribution in [3.05, 3.63) is 65.5 Å². The SMILES string of the molecule is CC(NC(=O)C1(N2CC[C@@H](Oc3cccc(C(F)(F)F)c3)C2)CCOCC1)c1cccc(F)c1. The van der Waals surface area contributed by atoms with Crippen LogP contribution in [0, 0.1) is 5.82 Å². The molecule has 4 rings (SSSR count). The van der Waals surface area contributed by atoms with Gasteiger partial charge in [-0.2, -0.15) is 13.2 Å². The first-order valence-electron chi connectivity index (χ1n) is 11.4. The molecule has 0 saturated carbocycles. The van der Waals surface area contributed by atoms with Gasteiger partial charge >= 0.3 is 6.18 Å². The second-order valence-electron chi connectivity index (χ2n) is 8.89. The number of benzene rings is 2. The van der Waals surface area contributed by atoms with Gasteiger partial charge in [-0.25, -0.2) is 4.39 Å². The summed E-state index contributed by atoms with van der Waals surface area (Å²) in [6.45, 7) is 3.65. The summed E-state index contributed by atoms with van der Waals surface area (Å²) in [4.78, 5) is 15.6. The third-order valence-electron chi connectivity index (χ3n) is 6.65. The number of likely N-dealkylation sites (tertiary alicyclic amines) is 1. The van der Waals surface area contributed by atoms with E-state index in [0.717, 1.165) is 12.1 Å². The molecule has 2 atom stereocenters. The number of ether oxygens (including phenoxy) is 2. The van der Waals surface area contributed by atoms with Crippen molar-refractivity contribution in [1.82, 2.24) is 10.2 Å². The Morgan fingerprint density at radius 1 is 1.18 bits per heavy atom. The van der Waals surface area contributed by atoms with Crippen molar-refractivity contribution in [2.75, 3.05) is 26.3 Å². The van der Waals surface area contributed by atoms with Crippen LogP contribution in [0.4, 0.5) is 17.6 Å². The van der Waals surface area contributed by atoms with Crippen LogP contribution >= 0.6 is 0 Å². The molecule has 184 valence electrons. The normalized spacial score (nSPS) is 21.7. The van der Waals surface area contributed by atoms with Crippen LogP contribution in [0.25, 0.3) is 0 Å². The van der Waals surface area contributed by atoms with Crippen molar-refractivity contribution < 1.29 is 31.8 Å². The van der Waals surface area contributed by atoms with Crippen molar-refractivity contribution >= 4 is 5.91 Å². The van der Waals surface area contributed by atoms with Gasteiger partial charge in [0.2, 0.25) is 5.91 Å². The standard InChI is InChI=1S/C25H28F4N2O3/c1-17(18-4-2-6-20(26)14-18)30-23(32)24(9-12-33-13-10-24)31-11-8-22(16-31)34-21-7-3-5-19(15-21)25(27,28)29/h2-7,14-15,17,22H,8-13,16H2,1H3,(H,30,32)/t17?,22-/m1/s1. The van der Waals surface area contributed by atoms with Gasteiger partial charge in [0.05, 0.1) is 11.6 Å². The number of hydrogen-bond donors (Lipinski definition) is 1. The largest absolute Gasteiger partial charge is 0.489 e. The number of amides is 1. The van der Waals surface area contributed by atoms with Crippen LogP contribution in [0.3, 0.4) is 0 Å². The van der Waals surface area contributed by atoms with Crippen LogP contribution in [0.2, 0.25) is 0 Å². The lowest BCUT2D eigenvalue weighted by atomic mass is 9.86. The summed E-state index contributed by atoms with van der Waals surface area (Å²) in [5.74, 6) is -0.368. The third-order valence-corrected chi connectivity index (χ3v) is 6.65. The van der Waals surface area contributed by atoms with E-state index >= 15 is 0 Å². The monoisotopic (exact) mass is 480 g/mol. The van der Waals surface area contributed by atoms with E-state index in [-0.39, 0.29) is 29.6 Å². The second-order valence-corrected chi connectivity index (χ2v) is 8.89. The molecule has 1 N–H and O–H groups in total. The highest BCUT2D eigenvalue weighted by Crippen LogP contribution is 2.35. The molecule has 34 heavy (non-hydrogen) atoms. The lowest BCUT2D eigenvalue weighted by Crippen LogP contribution is -2.61. The van der Waals surface area contributed by atoms with Gasteiger partial charge in [0.25, 0.3) is 0 Å². The molecular weight excluding hydrogens is 452 g/mol. The van der Waals surface area contributed by atoms with Gasteiger partial charge in [0, 0.05) is 26.3 Å². The van der Waals surface area contributed by atoms with Crippen LogP contribution in [0.15, 0.2) is 48.5 Å². The predicted octanol–water partition coefficient (Wildman–Crippen LogP) is 4.72. The van der Waals surface area contributed by atoms with Gasteiger partial charge in [0.15, 0.2) is 0 Å². The Morgan fingerprint density at radius 2 is 1.91 bits per heavy atom. The summed E-state index contributed by atoms with van der Waals surface area (Å²) in [6.07, 6.45) is -3.21. The molecule has 1 unspecified atom stereocenters. The second kappa shape index (κ2) is 9.92. The first-order valence-corrected chi connectivity index (χ1v) is 11.4. The summed E-state index contributed by atoms with van der Waals surface area (Å²) in [6, 6.07) is 10.6. The van der Waals surface area contributed by atoms with Gasteiger partial charge in [0.1, 0.15) is 23.2 Å². The minimum Gasteiger partial charge on any atom is -0.489 e. The van der Waals surface area contributed by atoms with Crippen molar-refractivity contribution in [2.45, 2.75) is 50.0 Å². The zero-order valence-corrected chi connectivity index (χ0v) is 18.9. The minimum atomic E-state index is -4.44. The van der Waals surface area contributed by atoms with E-state index in [1.807, 2.05) is 6.92 Å². The average Bonchev–Trinajstić information content (AvgIpc) is 3.28. The number of nitrogens with zero attached hydrogens (tertiary/aromatic N) is 1. The van der Waals surface area contributed by atoms with Gasteiger partial charge in [-0.05, 0) is 62.1 Å². The van der Waals surface area contributed by atoms with E-state index in [1.165, 1.54) is 24.3 Å². The van der Waals surface area contributed by atoms with Gasteiger partial charge in [-0.15, -0.1) is 0 Å². The van der Waals surface area contributed by atoms with Gasteiger partial charge in [-0.3, -0.25) is 9.69 Å². The Hall–Kier alpha value is -2.65. The summed E-state index contributed by atoms with van der Waals surface area (Å²) in [5, 5.41) is 3.03. The fourth-order valence-electron chi connectivity index (χ4n) is 4.74. The predicted molar refractivity (Wildman–Crippen MR) is 118 cm³/mol. The summed E-state index contributed by atoms with van der Waals surface area (Å²) in [5.41, 5.74) is -0.902. The van der Waals surface area contributed by atoms with E-state index in [2.05, 4.69) is 10.2 Å². The lowest BCUT2D eigenvalue weighted by Gasteiger charge is -2.43. The van der Waals surface area contributed by atoms with Crippen LogP contribution < -0.4 is 10.1 Å². The molecule has 2 aromatic carbocycles. The molecule has 0 spiro atoms. The van der Waals surface area contributed by atoms with E-state index < -0.39 is 17.3 Å². The molecule has 0 radical (unpaired) electrons. The van der Waals surface area contributed by atoms with Crippen molar-refractivity contribution in [3.63, 3.8) is 0 Å². The summed E-state index contributed by atoms with van der Waals surface area (Å²) in [7, 11) is 0. The summed E-state index contributed by atoms with van der Waals surface area (Å²) < 4.78 is 64.1. The van der Waals surface area contributed by atoms with Crippen molar-refractivity contribution in [1.29, 1.82) is 0 Å². The highest BCUT2D eigenvalue weighted by Gasteiger charge is 2.48. The Balaban J connectivity index is 1.46. The number of alkyl halides is 3. The molecule has 2 fully saturated rings. The Morgan fingerprint density at radius 3 is 2.62 bits per heavy atom. The molecule has 0 bridgehead atoms. The maximum Gasteiger partial charge on any atom is 0.416 e. The third kappa shape index (κ3) is 5.36. The number of hydrogen-bond acceptors (Lipinski definition) is 4. The van der Waals surface area contributed by atoms with Crippen LogP contribution in [-0.2, 0) is 15.7 Å². The molecule has 2 aliphatic rings. The highest BCUT2D eigenvalue weighted by molar-refractivity contribution is 5.87. The zero-order chi connectivity index (χ0) is 24.3. The quantitative estimate of drug-likeness (QED) is 0.608. The number of nitrogens with one attached hydrogen (secondary N) is 1. The topological polar surface area (TPSA) is 50.8 Å². The maximum atomic E-state index is 13.6. The fraction of sp³-hybridized carbons (Fsp3) is 0.480. The van der Waals surface area contributed by atoms with Crippen molar-refractivity contribution in [2.24, 2.45) is 0 Å². The van der Waals surface area contributed by atoms with Crippen LogP contribution in [0.1, 0.15) is 43.4 Å². The van der Waals surface area contributed by atoms with E-state index in [0.29, 0.717) is 51.1 Å². The molecule has 1 amide bonds. The molecule has 2 saturated heterocycles. The molecule has 5 nitrogen and oxygen atoms in total. The zero-order valence-electron chi connectivity index (χ0n) is 18.9. The van der Waals surface area contributed by atoms with E-state index in [9.17, 15) is 22.4 Å². The highest BCUT2D eigenvalue weighted by atomic mass is 19.4. The Labute approximate surface area is 196 Å². The fourth-order valence-corrected chi connectivity index (χ4v) is 4.74. The molecule has 2 aromatic rings. The Kier molecular flexibility index (Phi) is 7.14. The number of rotatable bonds is 6. The average molecular weight is 481 g/mol. The molecule has 0 aromatic heterocycles. The van der Waals surface area contributed by atoms with Gasteiger partial charge < -0.3 is 14.8 Å². The smallest absolute Gasteiger partial charge is 0.416 e. The van der Waals surface area contributed by atoms with E-state index in [4.69, 9.17) is 9.47 Å². The lowest BCUT2D eigenvalue weighted by molar-refractivity contribution is -0.141. The van der Waals surface area contributed by atoms with Crippen LogP contribution in [0.5, 0.6) is 5.75 Å². The minimum absolute atomic E-state index is 0.159. The molecule has 0 aliphatic carbocycles. The first-order chi connectivity index (χ1) is 16.2. The molecule has 2 aliphatic heterocycles. The molecular formula is C25H28F4N2O3. The van der Waals surface area contributed by atoms with Crippen LogP contribution in [-0.4, -0.2) is 48.8 Å². The maximum absolute atomic E-state index is 13.6. The first kappa shape index (κ1) is 24.5. The van der Waals surface area contributed by atoms with Crippen molar-refractivity contribution in [3.8, 4) is 5.75 Å². The Bertz CT molecular complexity index is 1010.